The molecule has 0 aromatic heterocycles. The Morgan fingerprint density at radius 1 is 0.773 bits per heavy atom. The third kappa shape index (κ3) is 14.7. The fraction of sp³-hybridized carbons (Fsp3) is 0.947. The first-order valence-electron chi connectivity index (χ1n) is 9.44. The summed E-state index contributed by atoms with van der Waals surface area (Å²) in [6, 6.07) is 0. The third-order valence-corrected chi connectivity index (χ3v) is 4.66. The van der Waals surface area contributed by atoms with E-state index in [-0.39, 0.29) is 5.97 Å². The maximum absolute atomic E-state index is 11.1. The summed E-state index contributed by atoms with van der Waals surface area (Å²) in [5.41, 5.74) is 0. The molecule has 1 unspecified atom stereocenters. The van der Waals surface area contributed by atoms with Gasteiger partial charge in [-0.2, -0.15) is 0 Å². The van der Waals surface area contributed by atoms with Gasteiger partial charge in [0.15, 0.2) is 0 Å². The fourth-order valence-corrected chi connectivity index (χ4v) is 3.01. The molecule has 0 heterocycles. The highest BCUT2D eigenvalue weighted by atomic mass is 35.5. The van der Waals surface area contributed by atoms with Crippen molar-refractivity contribution in [1.29, 1.82) is 0 Å². The van der Waals surface area contributed by atoms with Gasteiger partial charge in [-0.15, -0.1) is 11.6 Å². The van der Waals surface area contributed by atoms with Gasteiger partial charge in [-0.25, -0.2) is 0 Å². The van der Waals surface area contributed by atoms with Crippen LogP contribution in [0.1, 0.15) is 103 Å². The lowest BCUT2D eigenvalue weighted by molar-refractivity contribution is -0.140. The summed E-state index contributed by atoms with van der Waals surface area (Å²) in [6.45, 7) is 2.27. The van der Waals surface area contributed by atoms with Gasteiger partial charge in [0.05, 0.1) is 7.11 Å². The quantitative estimate of drug-likeness (QED) is 0.180. The van der Waals surface area contributed by atoms with E-state index >= 15 is 0 Å². The number of rotatable bonds is 16. The summed E-state index contributed by atoms with van der Waals surface area (Å²) in [5.74, 6) is -0.295. The number of ether oxygens (including phenoxy) is 1. The van der Waals surface area contributed by atoms with Crippen molar-refractivity contribution >= 4 is 17.6 Å². The van der Waals surface area contributed by atoms with E-state index in [0.29, 0.717) is 0 Å². The van der Waals surface area contributed by atoms with Crippen molar-refractivity contribution < 1.29 is 9.53 Å². The highest BCUT2D eigenvalue weighted by molar-refractivity contribution is 6.29. The third-order valence-electron chi connectivity index (χ3n) is 4.27. The van der Waals surface area contributed by atoms with Gasteiger partial charge in [-0.05, 0) is 6.42 Å². The second kappa shape index (κ2) is 17.1. The standard InChI is InChI=1S/C19H37ClO2/c1-3-4-5-6-7-8-9-10-11-12-13-14-15-16-17-18(20)19(21)22-2/h18H,3-17H2,1-2H3. The van der Waals surface area contributed by atoms with Crippen molar-refractivity contribution in [3.05, 3.63) is 0 Å². The molecule has 0 aliphatic heterocycles. The molecule has 0 saturated heterocycles. The van der Waals surface area contributed by atoms with Crippen molar-refractivity contribution in [3.63, 3.8) is 0 Å². The van der Waals surface area contributed by atoms with E-state index in [1.165, 1.54) is 90.6 Å². The Hall–Kier alpha value is -0.240. The van der Waals surface area contributed by atoms with Gasteiger partial charge in [0.2, 0.25) is 0 Å². The van der Waals surface area contributed by atoms with Crippen LogP contribution >= 0.6 is 11.6 Å². The molecule has 0 fully saturated rings. The number of esters is 1. The zero-order valence-electron chi connectivity index (χ0n) is 14.9. The van der Waals surface area contributed by atoms with Gasteiger partial charge in [-0.3, -0.25) is 4.79 Å². The predicted molar refractivity (Wildman–Crippen MR) is 96.6 cm³/mol. The molecule has 22 heavy (non-hydrogen) atoms. The second-order valence-corrected chi connectivity index (χ2v) is 6.90. The first kappa shape index (κ1) is 21.8. The molecular formula is C19H37ClO2. The molecule has 0 spiro atoms. The summed E-state index contributed by atoms with van der Waals surface area (Å²) in [4.78, 5) is 11.1. The highest BCUT2D eigenvalue weighted by Crippen LogP contribution is 2.15. The SMILES string of the molecule is CCCCCCCCCCCCCCCCC(Cl)C(=O)OC. The molecule has 0 radical (unpaired) electrons. The Balaban J connectivity index is 3.10. The number of methoxy groups -OCH3 is 1. The summed E-state index contributed by atoms with van der Waals surface area (Å²) >= 11 is 5.91. The lowest BCUT2D eigenvalue weighted by Gasteiger charge is -2.06. The normalized spacial score (nSPS) is 12.3. The molecule has 0 aromatic rings. The van der Waals surface area contributed by atoms with E-state index in [1.807, 2.05) is 0 Å². The van der Waals surface area contributed by atoms with Crippen LogP contribution in [0.25, 0.3) is 0 Å². The van der Waals surface area contributed by atoms with E-state index in [1.54, 1.807) is 0 Å². The molecule has 0 aromatic carbocycles. The van der Waals surface area contributed by atoms with E-state index in [2.05, 4.69) is 11.7 Å². The van der Waals surface area contributed by atoms with Crippen molar-refractivity contribution in [2.75, 3.05) is 7.11 Å². The molecule has 0 N–H and O–H groups in total. The molecule has 2 nitrogen and oxygen atoms in total. The van der Waals surface area contributed by atoms with E-state index in [0.717, 1.165) is 12.8 Å². The van der Waals surface area contributed by atoms with Gasteiger partial charge in [0.25, 0.3) is 0 Å². The Morgan fingerprint density at radius 3 is 1.50 bits per heavy atom. The van der Waals surface area contributed by atoms with Crippen LogP contribution in [0.15, 0.2) is 0 Å². The summed E-state index contributed by atoms with van der Waals surface area (Å²) < 4.78 is 4.61. The van der Waals surface area contributed by atoms with Crippen molar-refractivity contribution in [1.82, 2.24) is 0 Å². The Labute approximate surface area is 143 Å². The minimum absolute atomic E-state index is 0.295. The Kier molecular flexibility index (Phi) is 16.9. The molecule has 1 atom stereocenters. The van der Waals surface area contributed by atoms with Crippen LogP contribution in [0.4, 0.5) is 0 Å². The summed E-state index contributed by atoms with van der Waals surface area (Å²) in [5, 5.41) is -0.456. The van der Waals surface area contributed by atoms with Crippen molar-refractivity contribution in [3.8, 4) is 0 Å². The lowest BCUT2D eigenvalue weighted by atomic mass is 10.0. The summed E-state index contributed by atoms with van der Waals surface area (Å²) in [6.07, 6.45) is 19.6. The molecule has 0 bridgehead atoms. The highest BCUT2D eigenvalue weighted by Gasteiger charge is 2.14. The molecule has 0 aliphatic carbocycles. The fourth-order valence-electron chi connectivity index (χ4n) is 2.76. The number of carbonyl (C=O) groups is 1. The molecular weight excluding hydrogens is 296 g/mol. The monoisotopic (exact) mass is 332 g/mol. The number of halogens is 1. The molecule has 0 aliphatic rings. The Bertz CT molecular complexity index is 244. The molecule has 3 heteroatoms. The van der Waals surface area contributed by atoms with Crippen LogP contribution in [-0.4, -0.2) is 18.5 Å². The topological polar surface area (TPSA) is 26.3 Å². The van der Waals surface area contributed by atoms with E-state index < -0.39 is 5.38 Å². The average molecular weight is 333 g/mol. The number of alkyl halides is 1. The zero-order chi connectivity index (χ0) is 16.5. The van der Waals surface area contributed by atoms with Crippen LogP contribution in [0.3, 0.4) is 0 Å². The lowest BCUT2D eigenvalue weighted by Crippen LogP contribution is -2.15. The second-order valence-electron chi connectivity index (χ2n) is 6.38. The summed E-state index contributed by atoms with van der Waals surface area (Å²) in [7, 11) is 1.39. The van der Waals surface area contributed by atoms with E-state index in [4.69, 9.17) is 11.6 Å². The Morgan fingerprint density at radius 2 is 1.14 bits per heavy atom. The first-order valence-corrected chi connectivity index (χ1v) is 9.88. The minimum Gasteiger partial charge on any atom is -0.468 e. The minimum atomic E-state index is -0.456. The average Bonchev–Trinajstić information content (AvgIpc) is 2.54. The van der Waals surface area contributed by atoms with Gasteiger partial charge in [-0.1, -0.05) is 96.8 Å². The number of unbranched alkanes of at least 4 members (excludes halogenated alkanes) is 13. The maximum Gasteiger partial charge on any atom is 0.323 e. The van der Waals surface area contributed by atoms with Gasteiger partial charge in [0.1, 0.15) is 5.38 Å². The van der Waals surface area contributed by atoms with E-state index in [9.17, 15) is 4.79 Å². The van der Waals surface area contributed by atoms with Crippen LogP contribution in [0.5, 0.6) is 0 Å². The largest absolute Gasteiger partial charge is 0.468 e. The van der Waals surface area contributed by atoms with Crippen LogP contribution in [-0.2, 0) is 9.53 Å². The predicted octanol–water partition coefficient (Wildman–Crippen LogP) is 6.64. The van der Waals surface area contributed by atoms with Crippen LogP contribution < -0.4 is 0 Å². The number of carbonyl (C=O) groups excluding carboxylic acids is 1. The van der Waals surface area contributed by atoms with Gasteiger partial charge >= 0.3 is 5.97 Å². The zero-order valence-corrected chi connectivity index (χ0v) is 15.6. The molecule has 0 saturated carbocycles. The van der Waals surface area contributed by atoms with Gasteiger partial charge in [0, 0.05) is 0 Å². The van der Waals surface area contributed by atoms with Gasteiger partial charge < -0.3 is 4.74 Å². The smallest absolute Gasteiger partial charge is 0.323 e. The molecule has 0 amide bonds. The first-order chi connectivity index (χ1) is 10.7. The molecule has 132 valence electrons. The number of hydrogen-bond acceptors (Lipinski definition) is 2. The number of hydrogen-bond donors (Lipinski definition) is 0. The van der Waals surface area contributed by atoms with Crippen molar-refractivity contribution in [2.24, 2.45) is 0 Å². The maximum atomic E-state index is 11.1. The van der Waals surface area contributed by atoms with Crippen molar-refractivity contribution in [2.45, 2.75) is 109 Å². The molecule has 0 rings (SSSR count). The van der Waals surface area contributed by atoms with Crippen LogP contribution in [0.2, 0.25) is 0 Å². The van der Waals surface area contributed by atoms with Crippen LogP contribution in [0, 0.1) is 0 Å².